The van der Waals surface area contributed by atoms with E-state index in [2.05, 4.69) is 0 Å². The first kappa shape index (κ1) is 12.8. The maximum Gasteiger partial charge on any atom is 0.194 e. The van der Waals surface area contributed by atoms with Gasteiger partial charge in [0, 0.05) is 22.3 Å². The summed E-state index contributed by atoms with van der Waals surface area (Å²) in [6, 6.07) is 11.1. The number of carbonyl (C=O) groups excluding carboxylic acids is 2. The minimum Gasteiger partial charge on any atom is -0.289 e. The Kier molecular flexibility index (Phi) is 3.01. The number of benzene rings is 2. The van der Waals surface area contributed by atoms with Crippen LogP contribution in [-0.2, 0) is 12.8 Å². The van der Waals surface area contributed by atoms with Crippen LogP contribution in [0.25, 0.3) is 0 Å². The van der Waals surface area contributed by atoms with Gasteiger partial charge in [-0.1, -0.05) is 50.2 Å². The van der Waals surface area contributed by atoms with Crippen LogP contribution in [0.2, 0.25) is 0 Å². The number of rotatable bonds is 2. The topological polar surface area (TPSA) is 34.1 Å². The molecule has 2 heteroatoms. The van der Waals surface area contributed by atoms with Gasteiger partial charge in [-0.05, 0) is 24.0 Å². The van der Waals surface area contributed by atoms with Gasteiger partial charge in [-0.3, -0.25) is 9.59 Å². The van der Waals surface area contributed by atoms with E-state index in [4.69, 9.17) is 0 Å². The maximum absolute atomic E-state index is 12.7. The summed E-state index contributed by atoms with van der Waals surface area (Å²) in [5.74, 6) is -0.0234. The fraction of sp³-hybridized carbons (Fsp3) is 0.222. The van der Waals surface area contributed by atoms with Crippen LogP contribution in [0.15, 0.2) is 36.4 Å². The van der Waals surface area contributed by atoms with Crippen molar-refractivity contribution in [1.82, 2.24) is 0 Å². The number of hydrogen-bond donors (Lipinski definition) is 0. The summed E-state index contributed by atoms with van der Waals surface area (Å²) in [7, 11) is 0. The first-order chi connectivity index (χ1) is 9.69. The molecule has 0 N–H and O–H groups in total. The first-order valence-corrected chi connectivity index (χ1v) is 7.02. The van der Waals surface area contributed by atoms with Crippen molar-refractivity contribution in [2.75, 3.05) is 0 Å². The first-order valence-electron chi connectivity index (χ1n) is 7.02. The van der Waals surface area contributed by atoms with Crippen molar-refractivity contribution < 1.29 is 9.59 Å². The largest absolute Gasteiger partial charge is 0.289 e. The molecule has 0 radical (unpaired) electrons. The minimum atomic E-state index is -0.0117. The molecule has 0 fully saturated rings. The van der Waals surface area contributed by atoms with Crippen LogP contribution in [0.3, 0.4) is 0 Å². The fourth-order valence-electron chi connectivity index (χ4n) is 2.97. The highest BCUT2D eigenvalue weighted by atomic mass is 16.1. The average Bonchev–Trinajstić information content (AvgIpc) is 2.50. The van der Waals surface area contributed by atoms with Crippen LogP contribution in [0.1, 0.15) is 56.8 Å². The summed E-state index contributed by atoms with van der Waals surface area (Å²) in [5.41, 5.74) is 4.22. The monoisotopic (exact) mass is 264 g/mol. The van der Waals surface area contributed by atoms with Gasteiger partial charge in [0.25, 0.3) is 0 Å². The Balaban J connectivity index is 2.34. The quantitative estimate of drug-likeness (QED) is 0.709. The molecule has 0 saturated carbocycles. The molecule has 1 aliphatic rings. The lowest BCUT2D eigenvalue weighted by Gasteiger charge is -2.21. The van der Waals surface area contributed by atoms with Gasteiger partial charge in [0.15, 0.2) is 11.6 Å². The highest BCUT2D eigenvalue weighted by Gasteiger charge is 2.32. The molecule has 2 aromatic rings. The van der Waals surface area contributed by atoms with E-state index in [1.165, 1.54) is 0 Å². The summed E-state index contributed by atoms with van der Waals surface area (Å²) in [6.45, 7) is 4.01. The maximum atomic E-state index is 12.7. The third kappa shape index (κ3) is 1.64. The smallest absolute Gasteiger partial charge is 0.194 e. The van der Waals surface area contributed by atoms with Crippen molar-refractivity contribution >= 4 is 11.6 Å². The molecule has 0 saturated heterocycles. The van der Waals surface area contributed by atoms with E-state index < -0.39 is 0 Å². The summed E-state index contributed by atoms with van der Waals surface area (Å²) >= 11 is 0. The van der Waals surface area contributed by atoms with E-state index in [9.17, 15) is 9.59 Å². The Hall–Kier alpha value is -2.22. The summed E-state index contributed by atoms with van der Waals surface area (Å²) in [6.07, 6.45) is 1.51. The van der Waals surface area contributed by atoms with E-state index >= 15 is 0 Å². The third-order valence-electron chi connectivity index (χ3n) is 4.01. The molecule has 1 aliphatic carbocycles. The van der Waals surface area contributed by atoms with Crippen molar-refractivity contribution in [2.24, 2.45) is 0 Å². The lowest BCUT2D eigenvalue weighted by molar-refractivity contribution is 0.0977. The highest BCUT2D eigenvalue weighted by molar-refractivity contribution is 6.29. The standard InChI is InChI=1S/C18H16O2/c1-3-11-7-5-9-13-15(11)17(19)14-10-6-8-12(4-2)16(14)18(13)20/h5-10H,3-4H2,1-2H3. The summed E-state index contributed by atoms with van der Waals surface area (Å²) in [4.78, 5) is 25.5. The van der Waals surface area contributed by atoms with E-state index in [0.29, 0.717) is 22.3 Å². The molecule has 0 bridgehead atoms. The molecule has 2 aromatic carbocycles. The van der Waals surface area contributed by atoms with Gasteiger partial charge in [-0.25, -0.2) is 0 Å². The van der Waals surface area contributed by atoms with Gasteiger partial charge >= 0.3 is 0 Å². The molecule has 0 atom stereocenters. The number of fused-ring (bicyclic) bond motifs is 2. The second kappa shape index (κ2) is 4.71. The molecule has 2 nitrogen and oxygen atoms in total. The van der Waals surface area contributed by atoms with Crippen LogP contribution in [0, 0.1) is 0 Å². The number of carbonyl (C=O) groups is 2. The lowest BCUT2D eigenvalue weighted by Crippen LogP contribution is -2.23. The Morgan fingerprint density at radius 1 is 0.700 bits per heavy atom. The van der Waals surface area contributed by atoms with Gasteiger partial charge in [0.05, 0.1) is 0 Å². The number of ketones is 2. The molecular weight excluding hydrogens is 248 g/mol. The van der Waals surface area contributed by atoms with Crippen LogP contribution < -0.4 is 0 Å². The lowest BCUT2D eigenvalue weighted by atomic mass is 9.79. The van der Waals surface area contributed by atoms with Gasteiger partial charge < -0.3 is 0 Å². The Morgan fingerprint density at radius 2 is 1.10 bits per heavy atom. The van der Waals surface area contributed by atoms with Gasteiger partial charge in [0.1, 0.15) is 0 Å². The fourth-order valence-corrected chi connectivity index (χ4v) is 2.97. The molecule has 0 amide bonds. The molecule has 0 aliphatic heterocycles. The summed E-state index contributed by atoms with van der Waals surface area (Å²) in [5, 5.41) is 0. The van der Waals surface area contributed by atoms with E-state index in [1.807, 2.05) is 38.1 Å². The number of hydrogen-bond acceptors (Lipinski definition) is 2. The molecule has 0 unspecified atom stereocenters. The predicted octanol–water partition coefficient (Wildman–Crippen LogP) is 3.59. The molecule has 0 heterocycles. The molecule has 20 heavy (non-hydrogen) atoms. The Morgan fingerprint density at radius 3 is 1.45 bits per heavy atom. The second-order valence-corrected chi connectivity index (χ2v) is 5.04. The molecule has 0 spiro atoms. The van der Waals surface area contributed by atoms with Crippen LogP contribution in [-0.4, -0.2) is 11.6 Å². The van der Waals surface area contributed by atoms with E-state index in [1.54, 1.807) is 12.1 Å². The van der Waals surface area contributed by atoms with Crippen molar-refractivity contribution in [3.05, 3.63) is 69.8 Å². The van der Waals surface area contributed by atoms with Gasteiger partial charge in [-0.2, -0.15) is 0 Å². The Labute approximate surface area is 118 Å². The van der Waals surface area contributed by atoms with Crippen molar-refractivity contribution in [1.29, 1.82) is 0 Å². The zero-order chi connectivity index (χ0) is 14.3. The van der Waals surface area contributed by atoms with Crippen LogP contribution in [0.5, 0.6) is 0 Å². The van der Waals surface area contributed by atoms with E-state index in [-0.39, 0.29) is 11.6 Å². The Bertz CT molecular complexity index is 663. The SMILES string of the molecule is CCc1cccc2c1C(=O)c1cccc(CC)c1C2=O. The molecule has 100 valence electrons. The molecule has 0 aromatic heterocycles. The molecular formula is C18H16O2. The normalized spacial score (nSPS) is 13.1. The number of aryl methyl sites for hydroxylation is 2. The van der Waals surface area contributed by atoms with E-state index in [0.717, 1.165) is 24.0 Å². The predicted molar refractivity (Wildman–Crippen MR) is 78.5 cm³/mol. The van der Waals surface area contributed by atoms with Crippen molar-refractivity contribution in [2.45, 2.75) is 26.7 Å². The second-order valence-electron chi connectivity index (χ2n) is 5.04. The zero-order valence-corrected chi connectivity index (χ0v) is 11.7. The van der Waals surface area contributed by atoms with Crippen LogP contribution in [0.4, 0.5) is 0 Å². The average molecular weight is 264 g/mol. The van der Waals surface area contributed by atoms with Gasteiger partial charge in [0.2, 0.25) is 0 Å². The zero-order valence-electron chi connectivity index (χ0n) is 11.7. The van der Waals surface area contributed by atoms with Gasteiger partial charge in [-0.15, -0.1) is 0 Å². The summed E-state index contributed by atoms with van der Waals surface area (Å²) < 4.78 is 0. The van der Waals surface area contributed by atoms with Crippen molar-refractivity contribution in [3.8, 4) is 0 Å². The molecule has 3 rings (SSSR count). The van der Waals surface area contributed by atoms with Crippen LogP contribution >= 0.6 is 0 Å². The van der Waals surface area contributed by atoms with Crippen molar-refractivity contribution in [3.63, 3.8) is 0 Å². The minimum absolute atomic E-state index is 0.0117. The highest BCUT2D eigenvalue weighted by Crippen LogP contribution is 2.31. The third-order valence-corrected chi connectivity index (χ3v) is 4.01.